The molecule has 0 radical (unpaired) electrons. The van der Waals surface area contributed by atoms with Crippen molar-refractivity contribution in [1.82, 2.24) is 0 Å². The third-order valence-electron chi connectivity index (χ3n) is 8.50. The number of rotatable bonds is 8. The van der Waals surface area contributed by atoms with Crippen LogP contribution in [0.5, 0.6) is 0 Å². The van der Waals surface area contributed by atoms with E-state index in [1.807, 2.05) is 22.7 Å². The first-order chi connectivity index (χ1) is 28.0. The Morgan fingerprint density at radius 1 is 0.333 bits per heavy atom. The van der Waals surface area contributed by atoms with Crippen LogP contribution < -0.4 is 43.1 Å². The highest BCUT2D eigenvalue weighted by Crippen LogP contribution is 2.31. The highest BCUT2D eigenvalue weighted by atomic mass is 127. The SMILES string of the molecule is Fc1c(F)c(F)c([B-](c2c(F)c(F)c(F)c(F)c2F)(c2c(F)c(F)c(F)c(F)c2F)c2c(F)c(F)c(F)c(F)c2F)c(F)c1F.SCc1csc([I+]c2cc(CS)cs2)c1. The molecule has 0 saturated carbocycles. The standard InChI is InChI=1S/C24BF20.C10H9IS4/c26-5-1(6(27)14(35)21(42)13(5)34)25(2-7(28)15(36)22(43)16(37)8(2)29,3-9(30)17(38)23(44)18(39)10(3)31)4-11(32)19(40)24(45)20(41)12(4)33;12-3-7-1-9(14-5-7)11-10-2-8(4-13)6-15-10/h;1-2,5-6H,3-4H2,(H-,12,13)/q-1;/p+1. The normalized spacial score (nSPS) is 11.7. The monoisotopic (exact) mass is 1060 g/mol. The number of halogens is 21. The predicted molar refractivity (Wildman–Crippen MR) is 181 cm³/mol. The fourth-order valence-corrected chi connectivity index (χ4v) is 12.5. The summed E-state index contributed by atoms with van der Waals surface area (Å²) >= 11 is 12.3. The van der Waals surface area contributed by atoms with Gasteiger partial charge in [-0.3, -0.25) is 0 Å². The van der Waals surface area contributed by atoms with E-state index in [1.165, 1.54) is 16.9 Å². The van der Waals surface area contributed by atoms with Crippen molar-refractivity contribution >= 4 is 75.9 Å². The molecule has 0 nitrogen and oxygen atoms in total. The second kappa shape index (κ2) is 18.0. The van der Waals surface area contributed by atoms with Crippen molar-refractivity contribution in [2.75, 3.05) is 0 Å². The van der Waals surface area contributed by atoms with Crippen LogP contribution in [0.15, 0.2) is 22.9 Å². The Kier molecular flexibility index (Phi) is 14.2. The van der Waals surface area contributed by atoms with E-state index in [4.69, 9.17) is 0 Å². The van der Waals surface area contributed by atoms with Crippen LogP contribution in [-0.4, -0.2) is 6.15 Å². The highest BCUT2D eigenvalue weighted by Gasteiger charge is 2.52. The summed E-state index contributed by atoms with van der Waals surface area (Å²) in [6, 6.07) is 4.59. The van der Waals surface area contributed by atoms with Crippen LogP contribution in [0.3, 0.4) is 0 Å². The lowest BCUT2D eigenvalue weighted by Crippen LogP contribution is -3.61. The van der Waals surface area contributed by atoms with E-state index in [-0.39, 0.29) is 21.2 Å². The van der Waals surface area contributed by atoms with Gasteiger partial charge in [-0.1, -0.05) is 22.7 Å². The molecule has 0 aliphatic heterocycles. The molecule has 0 saturated heterocycles. The topological polar surface area (TPSA) is 0 Å². The molecule has 2 heterocycles. The van der Waals surface area contributed by atoms with Gasteiger partial charge < -0.3 is 0 Å². The van der Waals surface area contributed by atoms with Crippen molar-refractivity contribution in [2.24, 2.45) is 0 Å². The maximum Gasteiger partial charge on any atom is 0.381 e. The Bertz CT molecular complexity index is 2260. The molecule has 0 bridgehead atoms. The first kappa shape index (κ1) is 47.4. The Morgan fingerprint density at radius 3 is 0.683 bits per heavy atom. The van der Waals surface area contributed by atoms with E-state index in [0.29, 0.717) is 0 Å². The van der Waals surface area contributed by atoms with Crippen molar-refractivity contribution in [1.29, 1.82) is 0 Å². The largest absolute Gasteiger partial charge is 0.381 e. The minimum Gasteiger partial charge on any atom is -0.207 e. The van der Waals surface area contributed by atoms with Gasteiger partial charge in [0, 0.05) is 23.6 Å². The van der Waals surface area contributed by atoms with Gasteiger partial charge in [0.15, 0.2) is 69.8 Å². The second-order valence-corrected chi connectivity index (χ2v) is 18.5. The van der Waals surface area contributed by atoms with E-state index >= 15 is 35.1 Å². The van der Waals surface area contributed by atoms with Gasteiger partial charge in [0.05, 0.1) is 0 Å². The molecule has 0 fully saturated rings. The molecular weight excluding hydrogens is 1050 g/mol. The predicted octanol–water partition coefficient (Wildman–Crippen LogP) is 6.64. The van der Waals surface area contributed by atoms with Crippen LogP contribution in [0, 0.1) is 122 Å². The first-order valence-electron chi connectivity index (χ1n) is 15.3. The molecule has 6 rings (SSSR count). The van der Waals surface area contributed by atoms with Gasteiger partial charge in [-0.25, -0.2) is 87.8 Å². The maximum absolute atomic E-state index is 15.4. The van der Waals surface area contributed by atoms with Crippen LogP contribution in [0.25, 0.3) is 0 Å². The van der Waals surface area contributed by atoms with Gasteiger partial charge >= 0.3 is 21.2 Å². The van der Waals surface area contributed by atoms with Gasteiger partial charge in [-0.05, 0) is 21.9 Å². The number of hydrogen-bond donors (Lipinski definition) is 2. The zero-order valence-electron chi connectivity index (χ0n) is 27.9. The van der Waals surface area contributed by atoms with E-state index in [2.05, 4.69) is 48.2 Å². The van der Waals surface area contributed by atoms with Gasteiger partial charge in [-0.2, -0.15) is 25.3 Å². The van der Waals surface area contributed by atoms with Gasteiger partial charge in [0.1, 0.15) is 52.7 Å². The smallest absolute Gasteiger partial charge is 0.207 e. The molecule has 6 aromatic rings. The average molecular weight is 1060 g/mol. The molecule has 26 heteroatoms. The number of thiophene rings is 2. The third-order valence-corrected chi connectivity index (χ3v) is 15.0. The van der Waals surface area contributed by atoms with Gasteiger partial charge in [0.2, 0.25) is 5.77 Å². The van der Waals surface area contributed by atoms with Crippen LogP contribution in [0.2, 0.25) is 0 Å². The minimum absolute atomic E-state index is 0.0273. The summed E-state index contributed by atoms with van der Waals surface area (Å²) in [5.74, 6) is -69.7. The number of thiol groups is 2. The Balaban J connectivity index is 0.000000379. The number of hydrogen-bond acceptors (Lipinski definition) is 4. The molecule has 0 atom stereocenters. The van der Waals surface area contributed by atoms with E-state index in [1.54, 1.807) is 0 Å². The lowest BCUT2D eigenvalue weighted by atomic mass is 9.12. The van der Waals surface area contributed by atoms with Crippen molar-refractivity contribution in [3.05, 3.63) is 156 Å². The Hall–Kier alpha value is -3.63. The lowest BCUT2D eigenvalue weighted by Gasteiger charge is -2.44. The number of benzene rings is 4. The molecule has 0 aliphatic carbocycles. The van der Waals surface area contributed by atoms with E-state index in [0.717, 1.165) is 11.5 Å². The highest BCUT2D eigenvalue weighted by molar-refractivity contribution is 7.79. The summed E-state index contributed by atoms with van der Waals surface area (Å²) in [7, 11) is 0. The summed E-state index contributed by atoms with van der Waals surface area (Å²) in [6.07, 6.45) is -7.22. The lowest BCUT2D eigenvalue weighted by molar-refractivity contribution is -0.585. The molecule has 60 heavy (non-hydrogen) atoms. The first-order valence-corrected chi connectivity index (χ1v) is 20.4. The van der Waals surface area contributed by atoms with Crippen molar-refractivity contribution in [3.63, 3.8) is 0 Å². The fourth-order valence-electron chi connectivity index (χ4n) is 5.92. The van der Waals surface area contributed by atoms with Crippen molar-refractivity contribution in [3.8, 4) is 0 Å². The van der Waals surface area contributed by atoms with Crippen LogP contribution in [-0.2, 0) is 11.5 Å². The maximum atomic E-state index is 15.4. The zero-order valence-corrected chi connectivity index (χ0v) is 33.5. The molecule has 0 N–H and O–H groups in total. The van der Waals surface area contributed by atoms with Crippen molar-refractivity contribution < 1.29 is 109 Å². The molecule has 0 aliphatic rings. The molecule has 0 amide bonds. The summed E-state index contributed by atoms with van der Waals surface area (Å²) in [5.41, 5.74) is -11.6. The Morgan fingerprint density at radius 2 is 0.517 bits per heavy atom. The van der Waals surface area contributed by atoms with Gasteiger partial charge in [0.25, 0.3) is 0 Å². The van der Waals surface area contributed by atoms with E-state index < -0.39 is 144 Å². The fraction of sp³-hybridized carbons (Fsp3) is 0.0588. The molecule has 0 spiro atoms. The minimum atomic E-state index is -7.22. The quantitative estimate of drug-likeness (QED) is 0.0420. The Labute approximate surface area is 350 Å². The average Bonchev–Trinajstić information content (AvgIpc) is 3.90. The summed E-state index contributed by atoms with van der Waals surface area (Å²) in [4.78, 5) is 0. The van der Waals surface area contributed by atoms with Crippen LogP contribution in [0.4, 0.5) is 87.8 Å². The molecule has 0 unspecified atom stereocenters. The van der Waals surface area contributed by atoms with Gasteiger partial charge in [-0.15, -0.1) is 21.9 Å². The molecular formula is C34H10BF20IS4. The third kappa shape index (κ3) is 7.64. The van der Waals surface area contributed by atoms with Crippen molar-refractivity contribution in [2.45, 2.75) is 11.5 Å². The second-order valence-electron chi connectivity index (χ2n) is 11.7. The summed E-state index contributed by atoms with van der Waals surface area (Å²) in [6.45, 7) is 0. The van der Waals surface area contributed by atoms with E-state index in [9.17, 15) is 52.7 Å². The molecule has 320 valence electrons. The van der Waals surface area contributed by atoms with Crippen LogP contribution >= 0.6 is 47.9 Å². The summed E-state index contributed by atoms with van der Waals surface area (Å²) < 4.78 is 297. The molecule has 4 aromatic carbocycles. The summed E-state index contributed by atoms with van der Waals surface area (Å²) in [5, 5.41) is 4.43. The zero-order chi connectivity index (χ0) is 45.0. The van der Waals surface area contributed by atoms with Crippen LogP contribution in [0.1, 0.15) is 11.1 Å². The molecule has 2 aromatic heterocycles.